The molecule has 0 heterocycles. The molecule has 2 aliphatic carbocycles. The number of rotatable bonds is 6. The highest BCUT2D eigenvalue weighted by Gasteiger charge is 2.29. The van der Waals surface area contributed by atoms with Gasteiger partial charge in [0.2, 0.25) is 0 Å². The van der Waals surface area contributed by atoms with Crippen molar-refractivity contribution in [3.05, 3.63) is 64.7 Å². The van der Waals surface area contributed by atoms with E-state index in [0.717, 1.165) is 19.3 Å². The van der Waals surface area contributed by atoms with Gasteiger partial charge in [0.05, 0.1) is 0 Å². The van der Waals surface area contributed by atoms with Crippen LogP contribution in [-0.4, -0.2) is 30.0 Å². The summed E-state index contributed by atoms with van der Waals surface area (Å²) in [6.45, 7) is -0.379. The molecule has 160 valence electrons. The second-order valence-corrected chi connectivity index (χ2v) is 8.22. The molecular weight excluding hydrogens is 394 g/mol. The Balaban J connectivity index is 1.32. The molecule has 0 atom stereocenters. The normalized spacial score (nSPS) is 15.7. The Morgan fingerprint density at radius 1 is 0.871 bits per heavy atom. The van der Waals surface area contributed by atoms with E-state index in [1.165, 1.54) is 31.4 Å². The molecule has 0 aliphatic heterocycles. The molecule has 0 bridgehead atoms. The topological polar surface area (TPSA) is 89.5 Å². The number of anilines is 1. The van der Waals surface area contributed by atoms with Crippen molar-refractivity contribution in [3.8, 4) is 0 Å². The number of hydrogen-bond donors (Lipinski definition) is 1. The molecule has 1 N–H and O–H groups in total. The summed E-state index contributed by atoms with van der Waals surface area (Å²) in [7, 11) is 0. The summed E-state index contributed by atoms with van der Waals surface area (Å²) >= 11 is 0. The zero-order valence-corrected chi connectivity index (χ0v) is 17.3. The standard InChI is InChI=1S/C25H25NO5/c27-22(15-31-23(28)13-10-16-6-2-1-3-7-16)26-17-11-12-20-21(14-17)25(30)19-9-5-4-8-18(19)24(20)29/h4-5,8-9,11-12,14,16H,1-3,6-7,10,13,15H2,(H,26,27). The van der Waals surface area contributed by atoms with Gasteiger partial charge in [-0.05, 0) is 30.5 Å². The lowest BCUT2D eigenvalue weighted by molar-refractivity contribution is -0.147. The van der Waals surface area contributed by atoms with Gasteiger partial charge in [0, 0.05) is 34.4 Å². The molecule has 4 rings (SSSR count). The summed E-state index contributed by atoms with van der Waals surface area (Å²) in [5.74, 6) is -0.745. The van der Waals surface area contributed by atoms with Crippen LogP contribution in [0.15, 0.2) is 42.5 Å². The van der Waals surface area contributed by atoms with Crippen LogP contribution in [0, 0.1) is 5.92 Å². The van der Waals surface area contributed by atoms with Gasteiger partial charge in [-0.15, -0.1) is 0 Å². The molecule has 1 saturated carbocycles. The number of hydrogen-bond acceptors (Lipinski definition) is 5. The lowest BCUT2D eigenvalue weighted by Crippen LogP contribution is -2.23. The van der Waals surface area contributed by atoms with Gasteiger partial charge >= 0.3 is 5.97 Å². The molecule has 1 amide bonds. The van der Waals surface area contributed by atoms with Crippen LogP contribution in [0.2, 0.25) is 0 Å². The number of benzene rings is 2. The lowest BCUT2D eigenvalue weighted by atomic mass is 9.84. The van der Waals surface area contributed by atoms with Crippen molar-refractivity contribution in [2.75, 3.05) is 11.9 Å². The van der Waals surface area contributed by atoms with Crippen molar-refractivity contribution in [2.45, 2.75) is 44.9 Å². The van der Waals surface area contributed by atoms with Crippen molar-refractivity contribution in [3.63, 3.8) is 0 Å². The molecular formula is C25H25NO5. The van der Waals surface area contributed by atoms with Crippen LogP contribution in [0.3, 0.4) is 0 Å². The molecule has 0 aromatic heterocycles. The van der Waals surface area contributed by atoms with Crippen LogP contribution < -0.4 is 5.32 Å². The maximum absolute atomic E-state index is 12.8. The van der Waals surface area contributed by atoms with E-state index < -0.39 is 5.91 Å². The Kier molecular flexibility index (Phi) is 6.26. The van der Waals surface area contributed by atoms with Gasteiger partial charge in [-0.25, -0.2) is 0 Å². The summed E-state index contributed by atoms with van der Waals surface area (Å²) in [5, 5.41) is 2.63. The Morgan fingerprint density at radius 3 is 2.23 bits per heavy atom. The van der Waals surface area contributed by atoms with Crippen LogP contribution in [0.1, 0.15) is 76.8 Å². The number of ketones is 2. The van der Waals surface area contributed by atoms with E-state index in [1.807, 2.05) is 0 Å². The molecule has 2 aromatic carbocycles. The van der Waals surface area contributed by atoms with Gasteiger partial charge in [0.25, 0.3) is 5.91 Å². The fourth-order valence-corrected chi connectivity index (χ4v) is 4.39. The first-order chi connectivity index (χ1) is 15.0. The monoisotopic (exact) mass is 419 g/mol. The lowest BCUT2D eigenvalue weighted by Gasteiger charge is -2.20. The molecule has 0 spiro atoms. The predicted molar refractivity (Wildman–Crippen MR) is 115 cm³/mol. The van der Waals surface area contributed by atoms with Crippen LogP contribution in [-0.2, 0) is 14.3 Å². The Hall–Kier alpha value is -3.28. The number of ether oxygens (including phenoxy) is 1. The summed E-state index contributed by atoms with van der Waals surface area (Å²) in [6.07, 6.45) is 7.19. The summed E-state index contributed by atoms with van der Waals surface area (Å²) in [6, 6.07) is 11.3. The first-order valence-electron chi connectivity index (χ1n) is 10.8. The van der Waals surface area contributed by atoms with Gasteiger partial charge in [-0.2, -0.15) is 0 Å². The van der Waals surface area contributed by atoms with Gasteiger partial charge < -0.3 is 10.1 Å². The molecule has 6 heteroatoms. The fraction of sp³-hybridized carbons (Fsp3) is 0.360. The van der Waals surface area contributed by atoms with E-state index >= 15 is 0 Å². The number of carbonyl (C=O) groups excluding carboxylic acids is 4. The molecule has 0 radical (unpaired) electrons. The maximum Gasteiger partial charge on any atom is 0.306 e. The first kappa shape index (κ1) is 21.0. The maximum atomic E-state index is 12.8. The van der Waals surface area contributed by atoms with Crippen molar-refractivity contribution in [1.82, 2.24) is 0 Å². The second kappa shape index (κ2) is 9.25. The average Bonchev–Trinajstić information content (AvgIpc) is 2.80. The number of fused-ring (bicyclic) bond motifs is 2. The molecule has 2 aliphatic rings. The van der Waals surface area contributed by atoms with E-state index in [0.29, 0.717) is 34.7 Å². The van der Waals surface area contributed by atoms with Crippen molar-refractivity contribution in [1.29, 1.82) is 0 Å². The van der Waals surface area contributed by atoms with Gasteiger partial charge in [0.15, 0.2) is 18.2 Å². The Morgan fingerprint density at radius 2 is 1.52 bits per heavy atom. The minimum Gasteiger partial charge on any atom is -0.456 e. The smallest absolute Gasteiger partial charge is 0.306 e. The first-order valence-corrected chi connectivity index (χ1v) is 10.8. The van der Waals surface area contributed by atoms with E-state index in [4.69, 9.17) is 4.74 Å². The third-order valence-corrected chi connectivity index (χ3v) is 6.05. The molecule has 31 heavy (non-hydrogen) atoms. The number of esters is 1. The molecule has 1 fully saturated rings. The zero-order valence-electron chi connectivity index (χ0n) is 17.3. The molecule has 0 unspecified atom stereocenters. The quantitative estimate of drug-likeness (QED) is 0.602. The SMILES string of the molecule is O=C(COC(=O)CCC1CCCCC1)Nc1ccc2c(c1)C(=O)c1ccccc1C2=O. The van der Waals surface area contributed by atoms with Gasteiger partial charge in [0.1, 0.15) is 0 Å². The van der Waals surface area contributed by atoms with Gasteiger partial charge in [-0.1, -0.05) is 56.4 Å². The minimum atomic E-state index is -0.485. The highest BCUT2D eigenvalue weighted by molar-refractivity contribution is 6.28. The summed E-state index contributed by atoms with van der Waals surface area (Å²) in [5.41, 5.74) is 1.69. The van der Waals surface area contributed by atoms with E-state index in [1.54, 1.807) is 30.3 Å². The molecule has 6 nitrogen and oxygen atoms in total. The zero-order chi connectivity index (χ0) is 21.8. The summed E-state index contributed by atoms with van der Waals surface area (Å²) in [4.78, 5) is 49.6. The Bertz CT molecular complexity index is 1040. The number of amides is 1. The Labute approximate surface area is 181 Å². The highest BCUT2D eigenvalue weighted by atomic mass is 16.5. The third-order valence-electron chi connectivity index (χ3n) is 6.05. The van der Waals surface area contributed by atoms with Crippen LogP contribution >= 0.6 is 0 Å². The second-order valence-electron chi connectivity index (χ2n) is 8.22. The van der Waals surface area contributed by atoms with Crippen molar-refractivity contribution >= 4 is 29.1 Å². The highest BCUT2D eigenvalue weighted by Crippen LogP contribution is 2.29. The number of nitrogens with one attached hydrogen (secondary N) is 1. The number of carbonyl (C=O) groups is 4. The van der Waals surface area contributed by atoms with Crippen LogP contribution in [0.5, 0.6) is 0 Å². The third kappa shape index (κ3) is 4.74. The van der Waals surface area contributed by atoms with E-state index in [9.17, 15) is 19.2 Å². The average molecular weight is 419 g/mol. The van der Waals surface area contributed by atoms with E-state index in [2.05, 4.69) is 5.32 Å². The van der Waals surface area contributed by atoms with Crippen molar-refractivity contribution < 1.29 is 23.9 Å². The molecule has 2 aromatic rings. The van der Waals surface area contributed by atoms with Crippen LogP contribution in [0.4, 0.5) is 5.69 Å². The largest absolute Gasteiger partial charge is 0.456 e. The van der Waals surface area contributed by atoms with Gasteiger partial charge in [-0.3, -0.25) is 19.2 Å². The van der Waals surface area contributed by atoms with E-state index in [-0.39, 0.29) is 29.7 Å². The van der Waals surface area contributed by atoms with Crippen LogP contribution in [0.25, 0.3) is 0 Å². The minimum absolute atomic E-state index is 0.213. The predicted octanol–water partition coefficient (Wildman–Crippen LogP) is 4.30. The summed E-state index contributed by atoms with van der Waals surface area (Å²) < 4.78 is 5.09. The fourth-order valence-electron chi connectivity index (χ4n) is 4.39. The molecule has 0 saturated heterocycles. The van der Waals surface area contributed by atoms with Crippen molar-refractivity contribution in [2.24, 2.45) is 5.92 Å².